The van der Waals surface area contributed by atoms with E-state index < -0.39 is 24.1 Å². The Labute approximate surface area is 100 Å². The number of rotatable bonds is 4. The van der Waals surface area contributed by atoms with Crippen LogP contribution in [0.15, 0.2) is 0 Å². The highest BCUT2D eigenvalue weighted by atomic mass is 16.6. The third-order valence-corrected chi connectivity index (χ3v) is 2.88. The van der Waals surface area contributed by atoms with Crippen LogP contribution in [0.4, 0.5) is 4.79 Å². The lowest BCUT2D eigenvalue weighted by atomic mass is 9.95. The Bertz CT molecular complexity index is 281. The van der Waals surface area contributed by atoms with Crippen LogP contribution in [0.5, 0.6) is 0 Å². The Hall–Kier alpha value is -1.30. The summed E-state index contributed by atoms with van der Waals surface area (Å²) in [6.45, 7) is 2.70. The molecule has 1 heterocycles. The molecule has 2 atom stereocenters. The van der Waals surface area contributed by atoms with Gasteiger partial charge in [0.05, 0.1) is 12.7 Å². The van der Waals surface area contributed by atoms with Crippen LogP contribution in [-0.2, 0) is 9.53 Å². The number of aliphatic hydroxyl groups is 1. The average Bonchev–Trinajstić information content (AvgIpc) is 2.29. The van der Waals surface area contributed by atoms with Crippen molar-refractivity contribution >= 4 is 12.1 Å². The zero-order valence-electron chi connectivity index (χ0n) is 9.96. The molecule has 0 spiro atoms. The second-order valence-electron chi connectivity index (χ2n) is 4.21. The number of amides is 1. The van der Waals surface area contributed by atoms with E-state index in [4.69, 9.17) is 9.84 Å². The van der Waals surface area contributed by atoms with E-state index in [2.05, 4.69) is 0 Å². The third-order valence-electron chi connectivity index (χ3n) is 2.88. The molecule has 98 valence electrons. The molecule has 17 heavy (non-hydrogen) atoms. The SMILES string of the molecule is CCCCOC(=O)N1CCC(O)C(C(=O)O)C1. The van der Waals surface area contributed by atoms with Gasteiger partial charge in [-0.05, 0) is 12.8 Å². The van der Waals surface area contributed by atoms with Crippen LogP contribution in [0.1, 0.15) is 26.2 Å². The Morgan fingerprint density at radius 1 is 1.47 bits per heavy atom. The molecular weight excluding hydrogens is 226 g/mol. The summed E-state index contributed by atoms with van der Waals surface area (Å²) in [6, 6.07) is 0. The summed E-state index contributed by atoms with van der Waals surface area (Å²) in [5, 5.41) is 18.4. The maximum Gasteiger partial charge on any atom is 0.409 e. The van der Waals surface area contributed by atoms with Crippen molar-refractivity contribution in [2.45, 2.75) is 32.3 Å². The molecule has 1 aliphatic rings. The molecule has 0 aliphatic carbocycles. The van der Waals surface area contributed by atoms with Crippen LogP contribution in [0.2, 0.25) is 0 Å². The fourth-order valence-corrected chi connectivity index (χ4v) is 1.74. The van der Waals surface area contributed by atoms with E-state index in [0.717, 1.165) is 12.8 Å². The summed E-state index contributed by atoms with van der Waals surface area (Å²) in [5.74, 6) is -1.99. The number of hydrogen-bond acceptors (Lipinski definition) is 4. The number of hydrogen-bond donors (Lipinski definition) is 2. The highest BCUT2D eigenvalue weighted by molar-refractivity contribution is 5.73. The molecule has 0 aromatic heterocycles. The number of carboxylic acids is 1. The highest BCUT2D eigenvalue weighted by Gasteiger charge is 2.35. The topological polar surface area (TPSA) is 87.1 Å². The fraction of sp³-hybridized carbons (Fsp3) is 0.818. The van der Waals surface area contributed by atoms with Crippen molar-refractivity contribution in [1.82, 2.24) is 4.90 Å². The van der Waals surface area contributed by atoms with Gasteiger partial charge in [-0.15, -0.1) is 0 Å². The summed E-state index contributed by atoms with van der Waals surface area (Å²) >= 11 is 0. The minimum absolute atomic E-state index is 0.0153. The van der Waals surface area contributed by atoms with Gasteiger partial charge in [0, 0.05) is 13.1 Å². The van der Waals surface area contributed by atoms with Crippen LogP contribution < -0.4 is 0 Å². The van der Waals surface area contributed by atoms with Crippen molar-refractivity contribution in [3.05, 3.63) is 0 Å². The van der Waals surface area contributed by atoms with Crippen LogP contribution in [0.3, 0.4) is 0 Å². The molecule has 6 nitrogen and oxygen atoms in total. The second kappa shape index (κ2) is 6.44. The predicted octanol–water partition coefficient (Wildman–Crippen LogP) is 0.690. The Morgan fingerprint density at radius 2 is 2.18 bits per heavy atom. The van der Waals surface area contributed by atoms with Gasteiger partial charge in [0.15, 0.2) is 0 Å². The predicted molar refractivity (Wildman–Crippen MR) is 59.6 cm³/mol. The molecule has 1 amide bonds. The third kappa shape index (κ3) is 3.89. The quantitative estimate of drug-likeness (QED) is 0.711. The molecule has 1 saturated heterocycles. The van der Waals surface area contributed by atoms with Gasteiger partial charge in [0.1, 0.15) is 5.92 Å². The van der Waals surface area contributed by atoms with Gasteiger partial charge in [-0.25, -0.2) is 4.79 Å². The second-order valence-corrected chi connectivity index (χ2v) is 4.21. The van der Waals surface area contributed by atoms with Crippen molar-refractivity contribution in [2.75, 3.05) is 19.7 Å². The number of piperidine rings is 1. The van der Waals surface area contributed by atoms with Gasteiger partial charge in [-0.3, -0.25) is 4.79 Å². The average molecular weight is 245 g/mol. The van der Waals surface area contributed by atoms with E-state index in [1.807, 2.05) is 6.92 Å². The first-order valence-electron chi connectivity index (χ1n) is 5.88. The molecule has 1 rings (SSSR count). The molecule has 1 fully saturated rings. The lowest BCUT2D eigenvalue weighted by Crippen LogP contribution is -2.48. The number of nitrogens with zero attached hydrogens (tertiary/aromatic N) is 1. The van der Waals surface area contributed by atoms with E-state index in [9.17, 15) is 14.7 Å². The van der Waals surface area contributed by atoms with Crippen LogP contribution >= 0.6 is 0 Å². The number of carbonyl (C=O) groups excluding carboxylic acids is 1. The van der Waals surface area contributed by atoms with Gasteiger partial charge in [0.25, 0.3) is 0 Å². The normalized spacial score (nSPS) is 24.5. The Kier molecular flexibility index (Phi) is 5.21. The van der Waals surface area contributed by atoms with Crippen LogP contribution in [-0.4, -0.2) is 53.0 Å². The van der Waals surface area contributed by atoms with E-state index in [1.165, 1.54) is 4.90 Å². The number of unbranched alkanes of at least 4 members (excludes halogenated alkanes) is 1. The molecule has 0 saturated carbocycles. The summed E-state index contributed by atoms with van der Waals surface area (Å²) in [6.07, 6.45) is 0.637. The van der Waals surface area contributed by atoms with Crippen molar-refractivity contribution in [1.29, 1.82) is 0 Å². The molecule has 0 radical (unpaired) electrons. The van der Waals surface area contributed by atoms with Gasteiger partial charge >= 0.3 is 12.1 Å². The summed E-state index contributed by atoms with van der Waals surface area (Å²) < 4.78 is 5.00. The first-order valence-corrected chi connectivity index (χ1v) is 5.88. The smallest absolute Gasteiger partial charge is 0.409 e. The lowest BCUT2D eigenvalue weighted by Gasteiger charge is -2.33. The molecule has 2 N–H and O–H groups in total. The lowest BCUT2D eigenvalue weighted by molar-refractivity contribution is -0.148. The van der Waals surface area contributed by atoms with Gasteiger partial charge in [0.2, 0.25) is 0 Å². The maximum atomic E-state index is 11.6. The highest BCUT2D eigenvalue weighted by Crippen LogP contribution is 2.18. The maximum absolute atomic E-state index is 11.6. The molecule has 0 aromatic rings. The summed E-state index contributed by atoms with van der Waals surface area (Å²) in [4.78, 5) is 23.8. The van der Waals surface area contributed by atoms with Gasteiger partial charge < -0.3 is 19.8 Å². The molecule has 2 unspecified atom stereocenters. The summed E-state index contributed by atoms with van der Waals surface area (Å²) in [7, 11) is 0. The molecule has 1 aliphatic heterocycles. The number of aliphatic carboxylic acids is 1. The van der Waals surface area contributed by atoms with E-state index in [1.54, 1.807) is 0 Å². The minimum Gasteiger partial charge on any atom is -0.481 e. The number of carbonyl (C=O) groups is 2. The number of ether oxygens (including phenoxy) is 1. The zero-order chi connectivity index (χ0) is 12.8. The van der Waals surface area contributed by atoms with Gasteiger partial charge in [-0.1, -0.05) is 13.3 Å². The first kappa shape index (κ1) is 13.8. The van der Waals surface area contributed by atoms with Crippen molar-refractivity contribution in [3.63, 3.8) is 0 Å². The minimum atomic E-state index is -1.08. The number of likely N-dealkylation sites (tertiary alicyclic amines) is 1. The molecular formula is C11H19NO5. The molecule has 0 aromatic carbocycles. The van der Waals surface area contributed by atoms with E-state index in [-0.39, 0.29) is 13.0 Å². The van der Waals surface area contributed by atoms with Crippen LogP contribution in [0.25, 0.3) is 0 Å². The first-order chi connectivity index (χ1) is 8.06. The van der Waals surface area contributed by atoms with E-state index >= 15 is 0 Å². The van der Waals surface area contributed by atoms with Crippen LogP contribution in [0, 0.1) is 5.92 Å². The Morgan fingerprint density at radius 3 is 2.76 bits per heavy atom. The van der Waals surface area contributed by atoms with Crippen molar-refractivity contribution in [2.24, 2.45) is 5.92 Å². The zero-order valence-corrected chi connectivity index (χ0v) is 9.96. The Balaban J connectivity index is 2.44. The van der Waals surface area contributed by atoms with Gasteiger partial charge in [-0.2, -0.15) is 0 Å². The fourth-order valence-electron chi connectivity index (χ4n) is 1.74. The van der Waals surface area contributed by atoms with E-state index in [0.29, 0.717) is 13.2 Å². The largest absolute Gasteiger partial charge is 0.481 e. The number of carboxylic acid groups (broad SMARTS) is 1. The number of aliphatic hydroxyl groups excluding tert-OH is 1. The monoisotopic (exact) mass is 245 g/mol. The van der Waals surface area contributed by atoms with Crippen molar-refractivity contribution < 1.29 is 24.5 Å². The van der Waals surface area contributed by atoms with Crippen molar-refractivity contribution in [3.8, 4) is 0 Å². The summed E-state index contributed by atoms with van der Waals surface area (Å²) in [5.41, 5.74) is 0. The molecule has 0 bridgehead atoms. The molecule has 6 heteroatoms. The standard InChI is InChI=1S/C11H19NO5/c1-2-3-6-17-11(16)12-5-4-9(13)8(7-12)10(14)15/h8-9,13H,2-7H2,1H3,(H,14,15).